The monoisotopic (exact) mass is 285 g/mol. The van der Waals surface area contributed by atoms with Gasteiger partial charge < -0.3 is 15.6 Å². The zero-order valence-corrected chi connectivity index (χ0v) is 10.9. The van der Waals surface area contributed by atoms with Crippen LogP contribution in [-0.4, -0.2) is 18.3 Å². The molecular weight excluding hydrogens is 270 g/mol. The van der Waals surface area contributed by atoms with Gasteiger partial charge in [-0.15, -0.1) is 0 Å². The summed E-state index contributed by atoms with van der Waals surface area (Å²) in [6.45, 7) is 6.88. The number of phenolic OH excluding ortho intramolecular Hbond substituents is 1. The first-order valence-corrected chi connectivity index (χ1v) is 5.93. The molecule has 0 aliphatic rings. The molecular formula is C12H16BrNO2. The summed E-state index contributed by atoms with van der Waals surface area (Å²) in [5.74, 6) is 0.580. The highest BCUT2D eigenvalue weighted by atomic mass is 79.9. The third-order valence-electron chi connectivity index (χ3n) is 2.18. The van der Waals surface area contributed by atoms with Crippen LogP contribution in [0.15, 0.2) is 23.2 Å². The molecule has 88 valence electrons. The molecule has 1 aromatic carbocycles. The maximum Gasteiger partial charge on any atom is 0.172 e. The molecule has 0 amide bonds. The van der Waals surface area contributed by atoms with Crippen molar-refractivity contribution in [3.05, 3.63) is 28.7 Å². The van der Waals surface area contributed by atoms with Crippen molar-refractivity contribution >= 4 is 21.5 Å². The molecule has 0 fully saturated rings. The van der Waals surface area contributed by atoms with Crippen LogP contribution in [0.3, 0.4) is 0 Å². The molecule has 0 spiro atoms. The first kappa shape index (κ1) is 13.1. The van der Waals surface area contributed by atoms with E-state index in [0.29, 0.717) is 23.4 Å². The number of rotatable bonds is 5. The topological polar surface area (TPSA) is 55.5 Å². The molecule has 1 aromatic rings. The van der Waals surface area contributed by atoms with Crippen LogP contribution < -0.4 is 10.5 Å². The van der Waals surface area contributed by atoms with Gasteiger partial charge in [-0.3, -0.25) is 0 Å². The molecule has 16 heavy (non-hydrogen) atoms. The predicted octanol–water partition coefficient (Wildman–Crippen LogP) is 2.92. The molecule has 0 bridgehead atoms. The molecule has 4 heteroatoms. The van der Waals surface area contributed by atoms with Crippen LogP contribution in [0, 0.1) is 0 Å². The molecule has 0 radical (unpaired) electrons. The Balaban J connectivity index is 3.08. The van der Waals surface area contributed by atoms with Crippen molar-refractivity contribution in [3.8, 4) is 11.5 Å². The summed E-state index contributed by atoms with van der Waals surface area (Å²) in [7, 11) is 0. The van der Waals surface area contributed by atoms with Gasteiger partial charge in [0.25, 0.3) is 0 Å². The predicted molar refractivity (Wildman–Crippen MR) is 69.7 cm³/mol. The largest absolute Gasteiger partial charge is 0.503 e. The summed E-state index contributed by atoms with van der Waals surface area (Å²) in [5.41, 5.74) is 7.34. The Kier molecular flexibility index (Phi) is 4.83. The minimum atomic E-state index is 0.117. The van der Waals surface area contributed by atoms with Crippen molar-refractivity contribution in [2.45, 2.75) is 13.3 Å². The lowest BCUT2D eigenvalue weighted by atomic mass is 10.0. The van der Waals surface area contributed by atoms with E-state index >= 15 is 0 Å². The van der Waals surface area contributed by atoms with Gasteiger partial charge in [-0.25, -0.2) is 0 Å². The highest BCUT2D eigenvalue weighted by Gasteiger charge is 2.10. The highest BCUT2D eigenvalue weighted by Crippen LogP contribution is 2.37. The summed E-state index contributed by atoms with van der Waals surface area (Å²) in [5, 5.41) is 9.74. The van der Waals surface area contributed by atoms with E-state index in [0.717, 1.165) is 17.6 Å². The van der Waals surface area contributed by atoms with Gasteiger partial charge in [0.2, 0.25) is 0 Å². The minimum Gasteiger partial charge on any atom is -0.503 e. The van der Waals surface area contributed by atoms with Crippen LogP contribution in [-0.2, 0) is 0 Å². The zero-order valence-electron chi connectivity index (χ0n) is 9.29. The summed E-state index contributed by atoms with van der Waals surface area (Å²) < 4.78 is 5.94. The number of aromatic hydroxyl groups is 1. The minimum absolute atomic E-state index is 0.117. The summed E-state index contributed by atoms with van der Waals surface area (Å²) in [6, 6.07) is 3.59. The van der Waals surface area contributed by atoms with E-state index in [2.05, 4.69) is 22.5 Å². The quantitative estimate of drug-likeness (QED) is 0.875. The lowest BCUT2D eigenvalue weighted by Gasteiger charge is -2.11. The average Bonchev–Trinajstić information content (AvgIpc) is 2.25. The van der Waals surface area contributed by atoms with Crippen LogP contribution in [0.25, 0.3) is 5.57 Å². The Morgan fingerprint density at radius 2 is 2.25 bits per heavy atom. The highest BCUT2D eigenvalue weighted by molar-refractivity contribution is 9.10. The zero-order chi connectivity index (χ0) is 12.1. The fraction of sp³-hybridized carbons (Fsp3) is 0.333. The summed E-state index contributed by atoms with van der Waals surface area (Å²) >= 11 is 3.28. The normalized spacial score (nSPS) is 10.2. The van der Waals surface area contributed by atoms with Crippen molar-refractivity contribution in [1.29, 1.82) is 0 Å². The summed E-state index contributed by atoms with van der Waals surface area (Å²) in [6.07, 6.45) is 0.725. The number of nitrogens with two attached hydrogens (primary N) is 1. The Morgan fingerprint density at radius 3 is 2.81 bits per heavy atom. The molecule has 0 aliphatic carbocycles. The van der Waals surface area contributed by atoms with Gasteiger partial charge >= 0.3 is 0 Å². The third-order valence-corrected chi connectivity index (χ3v) is 2.79. The van der Waals surface area contributed by atoms with E-state index in [1.807, 2.05) is 13.0 Å². The van der Waals surface area contributed by atoms with Crippen LogP contribution in [0.4, 0.5) is 0 Å². The maximum atomic E-state index is 9.74. The standard InChI is InChI=1S/C12H16BrNO2/c1-3-16-11-7-9(8(2)4-5-14)6-10(13)12(11)15/h6-7,15H,2-5,14H2,1H3. The Morgan fingerprint density at radius 1 is 1.56 bits per heavy atom. The lowest BCUT2D eigenvalue weighted by Crippen LogP contribution is -2.00. The first-order valence-electron chi connectivity index (χ1n) is 5.13. The van der Waals surface area contributed by atoms with E-state index < -0.39 is 0 Å². The third kappa shape index (κ3) is 3.00. The second-order valence-electron chi connectivity index (χ2n) is 3.38. The number of hydrogen-bond acceptors (Lipinski definition) is 3. The molecule has 0 saturated carbocycles. The lowest BCUT2D eigenvalue weighted by molar-refractivity contribution is 0.317. The molecule has 0 heterocycles. The summed E-state index contributed by atoms with van der Waals surface area (Å²) in [4.78, 5) is 0. The van der Waals surface area contributed by atoms with Crippen molar-refractivity contribution < 1.29 is 9.84 Å². The van der Waals surface area contributed by atoms with Crippen molar-refractivity contribution in [2.75, 3.05) is 13.2 Å². The van der Waals surface area contributed by atoms with E-state index in [1.54, 1.807) is 6.07 Å². The second kappa shape index (κ2) is 5.92. The Hall–Kier alpha value is -1.00. The van der Waals surface area contributed by atoms with Gasteiger partial charge in [-0.05, 0) is 59.1 Å². The van der Waals surface area contributed by atoms with Gasteiger partial charge in [-0.2, -0.15) is 0 Å². The molecule has 1 rings (SSSR count). The molecule has 0 unspecified atom stereocenters. The van der Waals surface area contributed by atoms with E-state index in [1.165, 1.54) is 0 Å². The average molecular weight is 286 g/mol. The number of ether oxygens (including phenoxy) is 1. The Labute approximate surface area is 104 Å². The molecule has 0 saturated heterocycles. The first-order chi connectivity index (χ1) is 7.60. The van der Waals surface area contributed by atoms with Gasteiger partial charge in [0.1, 0.15) is 0 Å². The molecule has 0 aromatic heterocycles. The maximum absolute atomic E-state index is 9.74. The van der Waals surface area contributed by atoms with Crippen molar-refractivity contribution in [3.63, 3.8) is 0 Å². The fourth-order valence-electron chi connectivity index (χ4n) is 1.36. The van der Waals surface area contributed by atoms with E-state index in [4.69, 9.17) is 10.5 Å². The number of benzene rings is 1. The number of halogens is 1. The number of phenols is 1. The Bertz CT molecular complexity index is 391. The molecule has 0 aliphatic heterocycles. The van der Waals surface area contributed by atoms with Gasteiger partial charge in [0.15, 0.2) is 11.5 Å². The van der Waals surface area contributed by atoms with Gasteiger partial charge in [0, 0.05) is 0 Å². The van der Waals surface area contributed by atoms with E-state index in [-0.39, 0.29) is 5.75 Å². The molecule has 0 atom stereocenters. The van der Waals surface area contributed by atoms with E-state index in [9.17, 15) is 5.11 Å². The number of hydrogen-bond donors (Lipinski definition) is 2. The smallest absolute Gasteiger partial charge is 0.172 e. The van der Waals surface area contributed by atoms with Crippen LogP contribution >= 0.6 is 15.9 Å². The SMILES string of the molecule is C=C(CCN)c1cc(Br)c(O)c(OCC)c1. The fourth-order valence-corrected chi connectivity index (χ4v) is 1.80. The van der Waals surface area contributed by atoms with Crippen LogP contribution in [0.1, 0.15) is 18.9 Å². The molecule has 3 N–H and O–H groups in total. The van der Waals surface area contributed by atoms with Crippen LogP contribution in [0.2, 0.25) is 0 Å². The van der Waals surface area contributed by atoms with Gasteiger partial charge in [-0.1, -0.05) is 6.58 Å². The van der Waals surface area contributed by atoms with Gasteiger partial charge in [0.05, 0.1) is 11.1 Å². The van der Waals surface area contributed by atoms with Crippen molar-refractivity contribution in [2.24, 2.45) is 5.73 Å². The van der Waals surface area contributed by atoms with Crippen molar-refractivity contribution in [1.82, 2.24) is 0 Å². The van der Waals surface area contributed by atoms with Crippen LogP contribution in [0.5, 0.6) is 11.5 Å². The second-order valence-corrected chi connectivity index (χ2v) is 4.23. The molecule has 3 nitrogen and oxygen atoms in total.